The quantitative estimate of drug-likeness (QED) is 0.612. The van der Waals surface area contributed by atoms with Crippen LogP contribution in [0.2, 0.25) is 0 Å². The molecule has 126 valence electrons. The van der Waals surface area contributed by atoms with Gasteiger partial charge < -0.3 is 9.73 Å². The maximum Gasteiger partial charge on any atom is 0.252 e. The van der Waals surface area contributed by atoms with E-state index < -0.39 is 0 Å². The van der Waals surface area contributed by atoms with Crippen molar-refractivity contribution in [3.8, 4) is 5.69 Å². The number of hydrogen-bond acceptors (Lipinski definition) is 7. The van der Waals surface area contributed by atoms with Crippen LogP contribution in [0.5, 0.6) is 0 Å². The third-order valence-electron chi connectivity index (χ3n) is 3.91. The number of anilines is 1. The summed E-state index contributed by atoms with van der Waals surface area (Å²) in [7, 11) is 0. The van der Waals surface area contributed by atoms with Gasteiger partial charge in [0.05, 0.1) is 11.7 Å². The van der Waals surface area contributed by atoms with Gasteiger partial charge in [-0.05, 0) is 31.5 Å². The van der Waals surface area contributed by atoms with E-state index in [1.54, 1.807) is 17.9 Å². The second-order valence-corrected chi connectivity index (χ2v) is 5.80. The van der Waals surface area contributed by atoms with Gasteiger partial charge in [0.1, 0.15) is 18.5 Å². The number of aryl methyl sites for hydroxylation is 2. The fraction of sp³-hybridized carbons (Fsp3) is 0.235. The summed E-state index contributed by atoms with van der Waals surface area (Å²) in [5, 5.41) is 7.53. The summed E-state index contributed by atoms with van der Waals surface area (Å²) >= 11 is 0. The van der Waals surface area contributed by atoms with Gasteiger partial charge in [0, 0.05) is 6.92 Å². The zero-order valence-corrected chi connectivity index (χ0v) is 14.1. The highest BCUT2D eigenvalue weighted by Crippen LogP contribution is 2.25. The smallest absolute Gasteiger partial charge is 0.252 e. The second-order valence-electron chi connectivity index (χ2n) is 5.80. The van der Waals surface area contributed by atoms with Crippen LogP contribution in [0.25, 0.3) is 16.9 Å². The first-order valence-electron chi connectivity index (χ1n) is 7.93. The highest BCUT2D eigenvalue weighted by Gasteiger charge is 2.15. The van der Waals surface area contributed by atoms with Crippen molar-refractivity contribution < 1.29 is 4.42 Å². The Morgan fingerprint density at radius 2 is 1.88 bits per heavy atom. The van der Waals surface area contributed by atoms with Crippen LogP contribution in [0.1, 0.15) is 30.2 Å². The molecule has 0 saturated heterocycles. The molecule has 8 nitrogen and oxygen atoms in total. The lowest BCUT2D eigenvalue weighted by atomic mass is 10.1. The summed E-state index contributed by atoms with van der Waals surface area (Å²) in [6, 6.07) is 8.15. The molecule has 3 heterocycles. The first-order valence-corrected chi connectivity index (χ1v) is 7.93. The van der Waals surface area contributed by atoms with Crippen molar-refractivity contribution in [2.24, 2.45) is 0 Å². The molecule has 8 heteroatoms. The fourth-order valence-corrected chi connectivity index (χ4v) is 2.68. The van der Waals surface area contributed by atoms with Crippen LogP contribution in [-0.2, 0) is 0 Å². The maximum absolute atomic E-state index is 5.52. The molecule has 0 amide bonds. The van der Waals surface area contributed by atoms with Crippen molar-refractivity contribution in [3.05, 3.63) is 54.2 Å². The van der Waals surface area contributed by atoms with Crippen LogP contribution >= 0.6 is 0 Å². The molecule has 25 heavy (non-hydrogen) atoms. The molecule has 0 bridgehead atoms. The Hall–Kier alpha value is -3.29. The van der Waals surface area contributed by atoms with E-state index in [0.717, 1.165) is 11.3 Å². The Kier molecular flexibility index (Phi) is 3.64. The van der Waals surface area contributed by atoms with Gasteiger partial charge in [-0.3, -0.25) is 0 Å². The van der Waals surface area contributed by atoms with E-state index in [-0.39, 0.29) is 6.04 Å². The van der Waals surface area contributed by atoms with Gasteiger partial charge in [-0.15, -0.1) is 0 Å². The Labute approximate surface area is 144 Å². The first-order chi connectivity index (χ1) is 12.1. The molecule has 0 spiro atoms. The molecule has 1 aromatic carbocycles. The summed E-state index contributed by atoms with van der Waals surface area (Å²) in [5.41, 5.74) is 3.23. The lowest BCUT2D eigenvalue weighted by Crippen LogP contribution is -2.09. The summed E-state index contributed by atoms with van der Waals surface area (Å²) < 4.78 is 7.24. The number of fused-ring (bicyclic) bond motifs is 1. The Morgan fingerprint density at radius 1 is 1.08 bits per heavy atom. The molecule has 3 aromatic heterocycles. The highest BCUT2D eigenvalue weighted by atomic mass is 16.4. The molecule has 0 aliphatic heterocycles. The SMILES string of the molecule is Cc1nc(NC(C)c2ccc(-n3cncn3)cc2)c2nc(C)oc2n1. The van der Waals surface area contributed by atoms with Crippen LogP contribution in [0.3, 0.4) is 0 Å². The lowest BCUT2D eigenvalue weighted by molar-refractivity contribution is 0.550. The van der Waals surface area contributed by atoms with Crippen LogP contribution in [0.4, 0.5) is 5.82 Å². The molecule has 0 saturated carbocycles. The van der Waals surface area contributed by atoms with E-state index >= 15 is 0 Å². The maximum atomic E-state index is 5.52. The molecule has 1 atom stereocenters. The molecule has 4 aromatic rings. The minimum atomic E-state index is 0.0410. The fourth-order valence-electron chi connectivity index (χ4n) is 2.68. The van der Waals surface area contributed by atoms with E-state index in [1.165, 1.54) is 6.33 Å². The van der Waals surface area contributed by atoms with Crippen molar-refractivity contribution in [2.75, 3.05) is 5.32 Å². The number of oxazole rings is 1. The minimum absolute atomic E-state index is 0.0410. The van der Waals surface area contributed by atoms with E-state index in [2.05, 4.69) is 37.3 Å². The zero-order valence-electron chi connectivity index (χ0n) is 14.1. The summed E-state index contributed by atoms with van der Waals surface area (Å²) in [6.07, 6.45) is 3.19. The van der Waals surface area contributed by atoms with Crippen LogP contribution < -0.4 is 5.32 Å². The summed E-state index contributed by atoms with van der Waals surface area (Å²) in [4.78, 5) is 17.1. The number of aromatic nitrogens is 6. The van der Waals surface area contributed by atoms with Crippen LogP contribution in [0, 0.1) is 13.8 Å². The summed E-state index contributed by atoms with van der Waals surface area (Å²) in [6.45, 7) is 5.70. The largest absolute Gasteiger partial charge is 0.422 e. The number of benzene rings is 1. The average molecular weight is 335 g/mol. The van der Waals surface area contributed by atoms with E-state index in [9.17, 15) is 0 Å². The van der Waals surface area contributed by atoms with Crippen molar-refractivity contribution in [2.45, 2.75) is 26.8 Å². The predicted octanol–water partition coefficient (Wildman–Crippen LogP) is 2.99. The van der Waals surface area contributed by atoms with Gasteiger partial charge in [0.15, 0.2) is 17.2 Å². The standard InChI is InChI=1S/C17H17N7O/c1-10(13-4-6-14(7-5-13)24-9-18-8-19-24)20-16-15-17(22-11(2)21-16)25-12(3)23-15/h4-10H,1-3H3,(H,20,21,22). The molecule has 1 unspecified atom stereocenters. The van der Waals surface area contributed by atoms with E-state index in [1.807, 2.05) is 31.2 Å². The first kappa shape index (κ1) is 15.3. The van der Waals surface area contributed by atoms with Gasteiger partial charge in [-0.1, -0.05) is 12.1 Å². The molecule has 1 N–H and O–H groups in total. The van der Waals surface area contributed by atoms with E-state index in [4.69, 9.17) is 4.42 Å². The summed E-state index contributed by atoms with van der Waals surface area (Å²) in [5.74, 6) is 1.88. The Bertz CT molecular complexity index is 1010. The molecule has 0 radical (unpaired) electrons. The number of nitrogens with one attached hydrogen (secondary N) is 1. The number of rotatable bonds is 4. The molecule has 0 aliphatic rings. The van der Waals surface area contributed by atoms with Gasteiger partial charge in [-0.25, -0.2) is 19.6 Å². The molecule has 0 aliphatic carbocycles. The minimum Gasteiger partial charge on any atom is -0.422 e. The predicted molar refractivity (Wildman–Crippen MR) is 92.5 cm³/mol. The van der Waals surface area contributed by atoms with Crippen LogP contribution in [-0.4, -0.2) is 29.7 Å². The van der Waals surface area contributed by atoms with Crippen molar-refractivity contribution >= 4 is 17.0 Å². The van der Waals surface area contributed by atoms with Gasteiger partial charge in [-0.2, -0.15) is 10.1 Å². The van der Waals surface area contributed by atoms with Gasteiger partial charge in [0.2, 0.25) is 0 Å². The normalized spacial score (nSPS) is 12.4. The third kappa shape index (κ3) is 2.93. The molecular formula is C17H17N7O. The monoisotopic (exact) mass is 335 g/mol. The van der Waals surface area contributed by atoms with Crippen molar-refractivity contribution in [3.63, 3.8) is 0 Å². The second kappa shape index (κ2) is 5.97. The van der Waals surface area contributed by atoms with Crippen molar-refractivity contribution in [1.82, 2.24) is 29.7 Å². The highest BCUT2D eigenvalue weighted by molar-refractivity contribution is 5.81. The molecule has 4 rings (SSSR count). The molecular weight excluding hydrogens is 318 g/mol. The van der Waals surface area contributed by atoms with Gasteiger partial charge >= 0.3 is 0 Å². The number of hydrogen-bond donors (Lipinski definition) is 1. The number of nitrogens with zero attached hydrogens (tertiary/aromatic N) is 6. The Balaban J connectivity index is 1.61. The third-order valence-corrected chi connectivity index (χ3v) is 3.91. The zero-order chi connectivity index (χ0) is 17.4. The van der Waals surface area contributed by atoms with Gasteiger partial charge in [0.25, 0.3) is 5.71 Å². The Morgan fingerprint density at radius 3 is 2.60 bits per heavy atom. The van der Waals surface area contributed by atoms with Crippen molar-refractivity contribution in [1.29, 1.82) is 0 Å². The van der Waals surface area contributed by atoms with Crippen LogP contribution in [0.15, 0.2) is 41.3 Å². The lowest BCUT2D eigenvalue weighted by Gasteiger charge is -2.15. The topological polar surface area (TPSA) is 94.6 Å². The molecule has 0 fully saturated rings. The average Bonchev–Trinajstić information content (AvgIpc) is 3.24. The van der Waals surface area contributed by atoms with E-state index in [0.29, 0.717) is 28.8 Å².